The highest BCUT2D eigenvalue weighted by atomic mass is 16.5. The van der Waals surface area contributed by atoms with Gasteiger partial charge in [-0.2, -0.15) is 15.0 Å². The number of anilines is 2. The molecule has 0 bridgehead atoms. The fraction of sp³-hybridized carbons (Fsp3) is 0.812. The average molecular weight is 355 g/mol. The minimum absolute atomic E-state index is 0.245. The molecule has 0 saturated heterocycles. The summed E-state index contributed by atoms with van der Waals surface area (Å²) in [4.78, 5) is 16.7. The molecule has 0 aromatic carbocycles. The van der Waals surface area contributed by atoms with Crippen molar-refractivity contribution in [2.75, 3.05) is 37.5 Å². The molecule has 2 unspecified atom stereocenters. The zero-order valence-corrected chi connectivity index (χ0v) is 15.4. The third-order valence-electron chi connectivity index (χ3n) is 4.24. The zero-order chi connectivity index (χ0) is 18.4. The van der Waals surface area contributed by atoms with Crippen molar-refractivity contribution in [3.05, 3.63) is 5.82 Å². The zero-order valence-electron chi connectivity index (χ0n) is 15.4. The van der Waals surface area contributed by atoms with E-state index < -0.39 is 12.5 Å². The van der Waals surface area contributed by atoms with E-state index in [1.54, 1.807) is 33.0 Å². The summed E-state index contributed by atoms with van der Waals surface area (Å²) in [5.74, 6) is 1.59. The Morgan fingerprint density at radius 3 is 1.96 bits per heavy atom. The lowest BCUT2D eigenvalue weighted by Gasteiger charge is -2.30. The molecule has 1 heterocycles. The highest BCUT2D eigenvalue weighted by Gasteiger charge is 2.27. The Balaban J connectivity index is 2.46. The molecule has 2 rings (SSSR count). The van der Waals surface area contributed by atoms with Crippen molar-refractivity contribution in [3.8, 4) is 0 Å². The number of nitrogens with zero attached hydrogens (tertiary/aromatic N) is 5. The molecule has 1 aliphatic rings. The number of aliphatic hydroxyl groups is 2. The van der Waals surface area contributed by atoms with E-state index >= 15 is 0 Å². The van der Waals surface area contributed by atoms with Crippen LogP contribution in [-0.4, -0.2) is 65.3 Å². The Kier molecular flexibility index (Phi) is 7.30. The standard InChI is InChI=1S/C16H29N5O4/c1-11(22)21(12(2)23)16-18-14(13-7-5-6-8-13)17-15(19-16)20(9-24-3)10-25-4/h11-13,22-23H,5-10H2,1-4H3. The number of hydrogen-bond donors (Lipinski definition) is 2. The molecule has 0 aliphatic heterocycles. The first-order valence-electron chi connectivity index (χ1n) is 8.61. The van der Waals surface area contributed by atoms with Gasteiger partial charge in [-0.15, -0.1) is 0 Å². The molecule has 2 N–H and O–H groups in total. The summed E-state index contributed by atoms with van der Waals surface area (Å²) < 4.78 is 10.4. The van der Waals surface area contributed by atoms with Crippen LogP contribution in [0.2, 0.25) is 0 Å². The van der Waals surface area contributed by atoms with Gasteiger partial charge >= 0.3 is 0 Å². The van der Waals surface area contributed by atoms with E-state index in [0.717, 1.165) is 25.7 Å². The Labute approximate surface area is 148 Å². The van der Waals surface area contributed by atoms with Crippen LogP contribution in [0.15, 0.2) is 0 Å². The number of aliphatic hydroxyl groups excluding tert-OH is 2. The number of hydrogen-bond acceptors (Lipinski definition) is 9. The summed E-state index contributed by atoms with van der Waals surface area (Å²) >= 11 is 0. The van der Waals surface area contributed by atoms with Crippen molar-refractivity contribution in [1.82, 2.24) is 15.0 Å². The molecule has 1 saturated carbocycles. The highest BCUT2D eigenvalue weighted by molar-refractivity contribution is 5.40. The van der Waals surface area contributed by atoms with Crippen LogP contribution in [0.1, 0.15) is 51.3 Å². The van der Waals surface area contributed by atoms with Crippen molar-refractivity contribution in [1.29, 1.82) is 0 Å². The first kappa shape index (κ1) is 19.8. The summed E-state index contributed by atoms with van der Waals surface area (Å²) in [5, 5.41) is 20.1. The predicted octanol–water partition coefficient (Wildman–Crippen LogP) is 1.03. The molecular weight excluding hydrogens is 326 g/mol. The molecule has 2 atom stereocenters. The second-order valence-corrected chi connectivity index (χ2v) is 6.32. The first-order valence-corrected chi connectivity index (χ1v) is 8.61. The van der Waals surface area contributed by atoms with E-state index in [-0.39, 0.29) is 25.3 Å². The van der Waals surface area contributed by atoms with Crippen molar-refractivity contribution < 1.29 is 19.7 Å². The number of aromatic nitrogens is 3. The van der Waals surface area contributed by atoms with Crippen LogP contribution < -0.4 is 9.80 Å². The van der Waals surface area contributed by atoms with Crippen LogP contribution in [0.3, 0.4) is 0 Å². The molecule has 1 aromatic heterocycles. The van der Waals surface area contributed by atoms with Crippen LogP contribution in [0.4, 0.5) is 11.9 Å². The summed E-state index contributed by atoms with van der Waals surface area (Å²) in [6.07, 6.45) is 2.48. The lowest BCUT2D eigenvalue weighted by atomic mass is 10.1. The van der Waals surface area contributed by atoms with Gasteiger partial charge < -0.3 is 19.7 Å². The number of ether oxygens (including phenoxy) is 2. The topological polar surface area (TPSA) is 104 Å². The van der Waals surface area contributed by atoms with Gasteiger partial charge in [-0.3, -0.25) is 9.80 Å². The smallest absolute Gasteiger partial charge is 0.234 e. The number of rotatable bonds is 9. The largest absolute Gasteiger partial charge is 0.374 e. The van der Waals surface area contributed by atoms with E-state index in [9.17, 15) is 10.2 Å². The van der Waals surface area contributed by atoms with Gasteiger partial charge in [0.15, 0.2) is 0 Å². The molecule has 142 valence electrons. The minimum Gasteiger partial charge on any atom is -0.374 e. The van der Waals surface area contributed by atoms with Crippen molar-refractivity contribution in [2.24, 2.45) is 0 Å². The van der Waals surface area contributed by atoms with E-state index in [1.165, 1.54) is 4.90 Å². The molecule has 0 radical (unpaired) electrons. The van der Waals surface area contributed by atoms with Crippen molar-refractivity contribution >= 4 is 11.9 Å². The van der Waals surface area contributed by atoms with Crippen LogP contribution >= 0.6 is 0 Å². The first-order chi connectivity index (χ1) is 12.0. The van der Waals surface area contributed by atoms with E-state index in [4.69, 9.17) is 9.47 Å². The maximum Gasteiger partial charge on any atom is 0.234 e. The monoisotopic (exact) mass is 355 g/mol. The quantitative estimate of drug-likeness (QED) is 0.628. The fourth-order valence-electron chi connectivity index (χ4n) is 3.10. The van der Waals surface area contributed by atoms with Gasteiger partial charge in [0.25, 0.3) is 0 Å². The van der Waals surface area contributed by atoms with Crippen LogP contribution in [0.25, 0.3) is 0 Å². The fourth-order valence-corrected chi connectivity index (χ4v) is 3.10. The van der Waals surface area contributed by atoms with E-state index in [1.807, 2.05) is 0 Å². The van der Waals surface area contributed by atoms with Gasteiger partial charge in [-0.25, -0.2) is 0 Å². The molecule has 9 nitrogen and oxygen atoms in total. The molecule has 1 aromatic rings. The molecule has 9 heteroatoms. The molecule has 1 aliphatic carbocycles. The maximum absolute atomic E-state index is 10.0. The summed E-state index contributed by atoms with van der Waals surface area (Å²) in [6, 6.07) is 0. The molecule has 1 fully saturated rings. The van der Waals surface area contributed by atoms with Gasteiger partial charge in [0.2, 0.25) is 11.9 Å². The van der Waals surface area contributed by atoms with Gasteiger partial charge in [-0.05, 0) is 26.7 Å². The van der Waals surface area contributed by atoms with Gasteiger partial charge in [0.05, 0.1) is 0 Å². The third kappa shape index (κ3) is 4.97. The maximum atomic E-state index is 10.0. The Morgan fingerprint density at radius 2 is 1.48 bits per heavy atom. The molecular formula is C16H29N5O4. The van der Waals surface area contributed by atoms with Crippen LogP contribution in [0, 0.1) is 0 Å². The summed E-state index contributed by atoms with van der Waals surface area (Å²) in [7, 11) is 3.17. The Morgan fingerprint density at radius 1 is 0.960 bits per heavy atom. The SMILES string of the molecule is COCN(COC)c1nc(C2CCCC2)nc(N(C(C)O)C(C)O)n1. The lowest BCUT2D eigenvalue weighted by Crippen LogP contribution is -2.42. The second-order valence-electron chi connectivity index (χ2n) is 6.32. The predicted molar refractivity (Wildman–Crippen MR) is 93.1 cm³/mol. The Bertz CT molecular complexity index is 523. The normalized spacial score (nSPS) is 17.5. The minimum atomic E-state index is -0.940. The van der Waals surface area contributed by atoms with E-state index in [0.29, 0.717) is 11.8 Å². The highest BCUT2D eigenvalue weighted by Crippen LogP contribution is 2.33. The molecule has 0 spiro atoms. The molecule has 25 heavy (non-hydrogen) atoms. The van der Waals surface area contributed by atoms with Crippen LogP contribution in [0.5, 0.6) is 0 Å². The van der Waals surface area contributed by atoms with Gasteiger partial charge in [0.1, 0.15) is 31.7 Å². The lowest BCUT2D eigenvalue weighted by molar-refractivity contribution is 0.102. The van der Waals surface area contributed by atoms with E-state index in [2.05, 4.69) is 15.0 Å². The van der Waals surface area contributed by atoms with Crippen molar-refractivity contribution in [3.63, 3.8) is 0 Å². The third-order valence-corrected chi connectivity index (χ3v) is 4.24. The van der Waals surface area contributed by atoms with Crippen LogP contribution in [-0.2, 0) is 9.47 Å². The number of methoxy groups -OCH3 is 2. The second kappa shape index (κ2) is 9.23. The van der Waals surface area contributed by atoms with Gasteiger partial charge in [-0.1, -0.05) is 12.8 Å². The summed E-state index contributed by atoms with van der Waals surface area (Å²) in [6.45, 7) is 3.64. The molecule has 0 amide bonds. The van der Waals surface area contributed by atoms with Crippen molar-refractivity contribution in [2.45, 2.75) is 57.9 Å². The average Bonchev–Trinajstić information content (AvgIpc) is 3.08. The van der Waals surface area contributed by atoms with Gasteiger partial charge in [0, 0.05) is 20.1 Å². The Hall–Kier alpha value is -1.55. The summed E-state index contributed by atoms with van der Waals surface area (Å²) in [5.41, 5.74) is 0.